The number of nitrogens with zero attached hydrogens (tertiary/aromatic N) is 1. The molecule has 3 rings (SSSR count). The third kappa shape index (κ3) is 2.97. The monoisotopic (exact) mass is 306 g/mol. The Balaban J connectivity index is 1.90. The van der Waals surface area contributed by atoms with Crippen LogP contribution in [0.5, 0.6) is 0 Å². The van der Waals surface area contributed by atoms with Crippen molar-refractivity contribution in [1.82, 2.24) is 5.32 Å². The molecule has 0 bridgehead atoms. The Morgan fingerprint density at radius 2 is 1.59 bits per heavy atom. The fraction of sp³-hybridized carbons (Fsp3) is 0. The van der Waals surface area contributed by atoms with E-state index in [9.17, 15) is 4.79 Å². The molecule has 0 aliphatic carbocycles. The zero-order chi connectivity index (χ0) is 15.4. The molecule has 0 saturated carbocycles. The molecule has 1 saturated heterocycles. The van der Waals surface area contributed by atoms with Crippen LogP contribution in [-0.2, 0) is 4.79 Å². The van der Waals surface area contributed by atoms with E-state index in [2.05, 4.69) is 5.32 Å². The molecule has 1 N–H and O–H groups in total. The number of carbonyl (C=O) groups is 1. The SMILES string of the molecule is O=C1NC(=S)N(c2ccccc2)/C1=C\C=C\c1ccccc1. The number of thiocarbonyl (C=S) groups is 1. The third-order valence-electron chi connectivity index (χ3n) is 3.25. The maximum atomic E-state index is 12.1. The smallest absolute Gasteiger partial charge is 0.274 e. The van der Waals surface area contributed by atoms with Gasteiger partial charge in [-0.15, -0.1) is 0 Å². The minimum atomic E-state index is -0.188. The predicted octanol–water partition coefficient (Wildman–Crippen LogP) is 3.51. The maximum absolute atomic E-state index is 12.1. The molecule has 0 spiro atoms. The average molecular weight is 306 g/mol. The van der Waals surface area contributed by atoms with Crippen molar-refractivity contribution in [3.8, 4) is 0 Å². The van der Waals surface area contributed by atoms with Crippen molar-refractivity contribution in [3.63, 3.8) is 0 Å². The Morgan fingerprint density at radius 3 is 2.27 bits per heavy atom. The zero-order valence-electron chi connectivity index (χ0n) is 11.8. The van der Waals surface area contributed by atoms with Gasteiger partial charge in [0.15, 0.2) is 5.11 Å². The molecule has 0 unspecified atom stereocenters. The van der Waals surface area contributed by atoms with Gasteiger partial charge >= 0.3 is 0 Å². The molecule has 22 heavy (non-hydrogen) atoms. The van der Waals surface area contributed by atoms with E-state index in [0.717, 1.165) is 11.3 Å². The van der Waals surface area contributed by atoms with Gasteiger partial charge in [0.1, 0.15) is 5.70 Å². The summed E-state index contributed by atoms with van der Waals surface area (Å²) in [5.41, 5.74) is 2.46. The van der Waals surface area contributed by atoms with E-state index < -0.39 is 0 Å². The summed E-state index contributed by atoms with van der Waals surface area (Å²) in [7, 11) is 0. The molecule has 1 amide bonds. The average Bonchev–Trinajstić information content (AvgIpc) is 2.83. The van der Waals surface area contributed by atoms with Crippen LogP contribution in [0.25, 0.3) is 6.08 Å². The summed E-state index contributed by atoms with van der Waals surface area (Å²) in [4.78, 5) is 13.8. The van der Waals surface area contributed by atoms with E-state index in [1.165, 1.54) is 0 Å². The number of nitrogens with one attached hydrogen (secondary N) is 1. The summed E-state index contributed by atoms with van der Waals surface area (Å²) in [6.45, 7) is 0. The van der Waals surface area contributed by atoms with Crippen LogP contribution >= 0.6 is 12.2 Å². The predicted molar refractivity (Wildman–Crippen MR) is 93.2 cm³/mol. The number of hydrogen-bond donors (Lipinski definition) is 1. The Hall–Kier alpha value is -2.72. The van der Waals surface area contributed by atoms with Crippen LogP contribution in [0.2, 0.25) is 0 Å². The molecular formula is C18H14N2OS. The molecule has 2 aromatic carbocycles. The summed E-state index contributed by atoms with van der Waals surface area (Å²) >= 11 is 5.25. The van der Waals surface area contributed by atoms with E-state index in [4.69, 9.17) is 12.2 Å². The van der Waals surface area contributed by atoms with Crippen LogP contribution in [0.15, 0.2) is 78.5 Å². The van der Waals surface area contributed by atoms with Gasteiger partial charge in [0.25, 0.3) is 5.91 Å². The van der Waals surface area contributed by atoms with Crippen molar-refractivity contribution in [2.75, 3.05) is 4.90 Å². The van der Waals surface area contributed by atoms with Gasteiger partial charge in [-0.1, -0.05) is 60.7 Å². The fourth-order valence-electron chi connectivity index (χ4n) is 2.23. The first kappa shape index (κ1) is 14.2. The van der Waals surface area contributed by atoms with E-state index in [1.54, 1.807) is 11.0 Å². The van der Waals surface area contributed by atoms with Gasteiger partial charge in [-0.2, -0.15) is 0 Å². The van der Waals surface area contributed by atoms with E-state index in [-0.39, 0.29) is 5.91 Å². The molecule has 0 atom stereocenters. The van der Waals surface area contributed by atoms with Gasteiger partial charge in [0.2, 0.25) is 0 Å². The van der Waals surface area contributed by atoms with Crippen LogP contribution in [0.1, 0.15) is 5.56 Å². The Morgan fingerprint density at radius 1 is 0.955 bits per heavy atom. The summed E-state index contributed by atoms with van der Waals surface area (Å²) in [5.74, 6) is -0.188. The number of hydrogen-bond acceptors (Lipinski definition) is 2. The lowest BCUT2D eigenvalue weighted by Gasteiger charge is -2.16. The van der Waals surface area contributed by atoms with E-state index >= 15 is 0 Å². The van der Waals surface area contributed by atoms with Crippen LogP contribution in [0, 0.1) is 0 Å². The van der Waals surface area contributed by atoms with Crippen LogP contribution in [0.4, 0.5) is 5.69 Å². The molecule has 108 valence electrons. The number of anilines is 1. The summed E-state index contributed by atoms with van der Waals surface area (Å²) in [6.07, 6.45) is 5.58. The second-order valence-electron chi connectivity index (χ2n) is 4.75. The molecule has 2 aromatic rings. The highest BCUT2D eigenvalue weighted by Crippen LogP contribution is 2.23. The van der Waals surface area contributed by atoms with Crippen molar-refractivity contribution < 1.29 is 4.79 Å². The highest BCUT2D eigenvalue weighted by atomic mass is 32.1. The van der Waals surface area contributed by atoms with Crippen LogP contribution in [0.3, 0.4) is 0 Å². The molecule has 0 radical (unpaired) electrons. The van der Waals surface area contributed by atoms with Crippen LogP contribution in [-0.4, -0.2) is 11.0 Å². The van der Waals surface area contributed by atoms with Crippen molar-refractivity contribution >= 4 is 35.0 Å². The molecule has 4 heteroatoms. The van der Waals surface area contributed by atoms with E-state index in [1.807, 2.05) is 72.8 Å². The molecule has 1 aliphatic heterocycles. The molecule has 1 fully saturated rings. The first-order valence-electron chi connectivity index (χ1n) is 6.89. The Kier molecular flexibility index (Phi) is 4.12. The van der Waals surface area contributed by atoms with Crippen molar-refractivity contribution in [2.24, 2.45) is 0 Å². The largest absolute Gasteiger partial charge is 0.297 e. The van der Waals surface area contributed by atoms with Crippen molar-refractivity contribution in [1.29, 1.82) is 0 Å². The summed E-state index contributed by atoms with van der Waals surface area (Å²) in [6, 6.07) is 19.5. The quantitative estimate of drug-likeness (QED) is 0.696. The Labute approximate surface area is 134 Å². The summed E-state index contributed by atoms with van der Waals surface area (Å²) < 4.78 is 0. The van der Waals surface area contributed by atoms with Crippen molar-refractivity contribution in [3.05, 3.63) is 84.1 Å². The van der Waals surface area contributed by atoms with E-state index in [0.29, 0.717) is 10.8 Å². The molecule has 0 aromatic heterocycles. The maximum Gasteiger partial charge on any atom is 0.274 e. The molecular weight excluding hydrogens is 292 g/mol. The standard InChI is InChI=1S/C18H14N2OS/c21-17-16(13-7-10-14-8-3-1-4-9-14)20(18(22)19-17)15-11-5-2-6-12-15/h1-13H,(H,19,21,22)/b10-7+,16-13-. The minimum Gasteiger partial charge on any atom is -0.297 e. The first-order chi connectivity index (χ1) is 10.8. The van der Waals surface area contributed by atoms with Gasteiger partial charge in [0.05, 0.1) is 0 Å². The van der Waals surface area contributed by atoms with Crippen molar-refractivity contribution in [2.45, 2.75) is 0 Å². The van der Waals surface area contributed by atoms with Gasteiger partial charge < -0.3 is 0 Å². The number of para-hydroxylation sites is 1. The minimum absolute atomic E-state index is 0.188. The van der Waals surface area contributed by atoms with Gasteiger partial charge in [-0.3, -0.25) is 15.0 Å². The zero-order valence-corrected chi connectivity index (χ0v) is 12.6. The number of carbonyl (C=O) groups excluding carboxylic acids is 1. The lowest BCUT2D eigenvalue weighted by Crippen LogP contribution is -2.26. The molecule has 1 heterocycles. The number of amides is 1. The highest BCUT2D eigenvalue weighted by molar-refractivity contribution is 7.80. The lowest BCUT2D eigenvalue weighted by atomic mass is 10.2. The summed E-state index contributed by atoms with van der Waals surface area (Å²) in [5, 5.41) is 3.08. The number of rotatable bonds is 3. The number of benzene rings is 2. The normalized spacial score (nSPS) is 16.5. The van der Waals surface area contributed by atoms with Gasteiger partial charge in [-0.25, -0.2) is 0 Å². The van der Waals surface area contributed by atoms with Crippen LogP contribution < -0.4 is 10.2 Å². The van der Waals surface area contributed by atoms with Gasteiger partial charge in [-0.05, 0) is 36.0 Å². The Bertz CT molecular complexity index is 751. The third-order valence-corrected chi connectivity index (χ3v) is 3.54. The topological polar surface area (TPSA) is 32.3 Å². The fourth-order valence-corrected chi connectivity index (χ4v) is 2.52. The molecule has 3 nitrogen and oxygen atoms in total. The number of allylic oxidation sites excluding steroid dienone is 2. The first-order valence-corrected chi connectivity index (χ1v) is 7.30. The lowest BCUT2D eigenvalue weighted by molar-refractivity contribution is -0.115. The van der Waals surface area contributed by atoms with Gasteiger partial charge in [0, 0.05) is 5.69 Å². The second-order valence-corrected chi connectivity index (χ2v) is 5.14. The highest BCUT2D eigenvalue weighted by Gasteiger charge is 2.30. The molecule has 1 aliphatic rings. The second kappa shape index (κ2) is 6.37.